The summed E-state index contributed by atoms with van der Waals surface area (Å²) in [5, 5.41) is 8.65. The Labute approximate surface area is 290 Å². The molecule has 0 saturated heterocycles. The van der Waals surface area contributed by atoms with E-state index in [0.29, 0.717) is 69.3 Å². The zero-order valence-electron chi connectivity index (χ0n) is 28.0. The number of ether oxygens (including phenoxy) is 5. The van der Waals surface area contributed by atoms with Gasteiger partial charge >= 0.3 is 0 Å². The Bertz CT molecular complexity index is 1700. The summed E-state index contributed by atoms with van der Waals surface area (Å²) in [5.74, 6) is 0.222. The van der Waals surface area contributed by atoms with Crippen molar-refractivity contribution in [2.45, 2.75) is 44.7 Å². The van der Waals surface area contributed by atoms with Crippen LogP contribution in [0.3, 0.4) is 0 Å². The molecule has 0 unspecified atom stereocenters. The van der Waals surface area contributed by atoms with Crippen molar-refractivity contribution in [3.05, 3.63) is 70.9 Å². The largest absolute Gasteiger partial charge is 0.475 e. The number of hydrogen-bond donors (Lipinski definition) is 3. The first-order chi connectivity index (χ1) is 23.8. The summed E-state index contributed by atoms with van der Waals surface area (Å²) >= 11 is 6.30. The van der Waals surface area contributed by atoms with Crippen LogP contribution in [-0.2, 0) is 18.9 Å². The van der Waals surface area contributed by atoms with Crippen LogP contribution in [0.1, 0.15) is 36.8 Å². The number of aromatic nitrogens is 3. The summed E-state index contributed by atoms with van der Waals surface area (Å²) in [6.07, 6.45) is 9.09. The Morgan fingerprint density at radius 1 is 0.980 bits per heavy atom. The van der Waals surface area contributed by atoms with E-state index in [1.807, 2.05) is 25.3 Å². The number of halogens is 2. The smallest absolute Gasteiger partial charge is 0.213 e. The molecule has 5 N–H and O–H groups in total. The van der Waals surface area contributed by atoms with Crippen molar-refractivity contribution < 1.29 is 28.1 Å². The third kappa shape index (κ3) is 10.3. The average molecular weight is 698 g/mol. The van der Waals surface area contributed by atoms with Gasteiger partial charge in [-0.15, -0.1) is 0 Å². The molecule has 1 fully saturated rings. The van der Waals surface area contributed by atoms with Gasteiger partial charge in [0.25, 0.3) is 0 Å². The van der Waals surface area contributed by atoms with E-state index in [1.165, 1.54) is 18.2 Å². The first-order valence-electron chi connectivity index (χ1n) is 16.5. The van der Waals surface area contributed by atoms with E-state index in [4.69, 9.17) is 46.8 Å². The highest BCUT2D eigenvalue weighted by Gasteiger charge is 2.23. The molecule has 12 nitrogen and oxygen atoms in total. The molecule has 0 amide bonds. The number of aryl methyl sites for hydroxylation is 1. The van der Waals surface area contributed by atoms with Gasteiger partial charge in [-0.2, -0.15) is 5.10 Å². The van der Waals surface area contributed by atoms with E-state index in [9.17, 15) is 4.39 Å². The molecule has 264 valence electrons. The van der Waals surface area contributed by atoms with Gasteiger partial charge < -0.3 is 40.5 Å². The van der Waals surface area contributed by atoms with Gasteiger partial charge in [-0.1, -0.05) is 11.6 Å². The van der Waals surface area contributed by atoms with Crippen molar-refractivity contribution >= 4 is 34.3 Å². The molecule has 0 radical (unpaired) electrons. The first-order valence-corrected chi connectivity index (χ1v) is 16.8. The van der Waals surface area contributed by atoms with Crippen LogP contribution in [0.4, 0.5) is 15.8 Å². The minimum Gasteiger partial charge on any atom is -0.475 e. The number of anilines is 1. The number of nitrogens with zero attached hydrogens (tertiary/aromatic N) is 4. The maximum absolute atomic E-state index is 14.0. The second-order valence-electron chi connectivity index (χ2n) is 11.9. The molecule has 1 aromatic carbocycles. The van der Waals surface area contributed by atoms with Crippen LogP contribution in [0.5, 0.6) is 5.88 Å². The molecule has 0 spiro atoms. The van der Waals surface area contributed by atoms with Crippen molar-refractivity contribution in [3.63, 3.8) is 0 Å². The van der Waals surface area contributed by atoms with E-state index in [-0.39, 0.29) is 23.6 Å². The molecule has 0 aliphatic heterocycles. The third-order valence-electron chi connectivity index (χ3n) is 8.23. The summed E-state index contributed by atoms with van der Waals surface area (Å²) in [5.41, 5.74) is 18.0. The van der Waals surface area contributed by atoms with Crippen molar-refractivity contribution in [1.29, 1.82) is 0 Å². The third-order valence-corrected chi connectivity index (χ3v) is 8.55. The lowest BCUT2D eigenvalue weighted by atomic mass is 9.91. The van der Waals surface area contributed by atoms with Crippen molar-refractivity contribution in [1.82, 2.24) is 14.6 Å². The molecule has 49 heavy (non-hydrogen) atoms. The first kappa shape index (κ1) is 36.4. The highest BCUT2D eigenvalue weighted by atomic mass is 35.5. The topological polar surface area (TPSA) is 153 Å². The maximum atomic E-state index is 14.0. The van der Waals surface area contributed by atoms with Gasteiger partial charge in [0.05, 0.1) is 79.9 Å². The molecule has 1 aliphatic carbocycles. The zero-order chi connectivity index (χ0) is 34.6. The van der Waals surface area contributed by atoms with Gasteiger partial charge in [0.2, 0.25) is 5.88 Å². The van der Waals surface area contributed by atoms with Crippen LogP contribution < -0.4 is 21.5 Å². The van der Waals surface area contributed by atoms with E-state index in [1.54, 1.807) is 24.0 Å². The van der Waals surface area contributed by atoms with Crippen LogP contribution in [0.25, 0.3) is 16.6 Å². The predicted molar refractivity (Wildman–Crippen MR) is 189 cm³/mol. The van der Waals surface area contributed by atoms with Gasteiger partial charge in [-0.3, -0.25) is 0 Å². The fourth-order valence-corrected chi connectivity index (χ4v) is 5.74. The number of aliphatic imine (C=N–C) groups is 1. The van der Waals surface area contributed by atoms with Gasteiger partial charge in [0.1, 0.15) is 18.3 Å². The second kappa shape index (κ2) is 18.2. The zero-order valence-corrected chi connectivity index (χ0v) is 28.8. The Morgan fingerprint density at radius 2 is 1.67 bits per heavy atom. The molecule has 3 aromatic heterocycles. The molecular weight excluding hydrogens is 653 g/mol. The summed E-state index contributed by atoms with van der Waals surface area (Å²) in [4.78, 5) is 9.02. The number of nitrogens with two attached hydrogens (primary N) is 2. The van der Waals surface area contributed by atoms with E-state index >= 15 is 0 Å². The van der Waals surface area contributed by atoms with E-state index in [0.717, 1.165) is 53.6 Å². The number of pyridine rings is 1. The van der Waals surface area contributed by atoms with Crippen molar-refractivity contribution in [2.75, 3.05) is 65.3 Å². The Morgan fingerprint density at radius 3 is 2.37 bits per heavy atom. The fourth-order valence-electron chi connectivity index (χ4n) is 5.58. The van der Waals surface area contributed by atoms with Crippen LogP contribution in [-0.4, -0.2) is 92.5 Å². The summed E-state index contributed by atoms with van der Waals surface area (Å²) < 4.78 is 43.0. The summed E-state index contributed by atoms with van der Waals surface area (Å²) in [7, 11) is 1.64. The molecule has 1 aliphatic rings. The number of benzene rings is 1. The van der Waals surface area contributed by atoms with Gasteiger partial charge in [0, 0.05) is 54.8 Å². The van der Waals surface area contributed by atoms with E-state index in [2.05, 4.69) is 20.4 Å². The summed E-state index contributed by atoms with van der Waals surface area (Å²) in [6, 6.07) is 8.33. The van der Waals surface area contributed by atoms with Crippen LogP contribution >= 0.6 is 11.6 Å². The summed E-state index contributed by atoms with van der Waals surface area (Å²) in [6.45, 7) is 5.89. The normalized spacial score (nSPS) is 16.7. The molecule has 14 heteroatoms. The lowest BCUT2D eigenvalue weighted by Crippen LogP contribution is -2.33. The van der Waals surface area contributed by atoms with Gasteiger partial charge in [-0.25, -0.2) is 18.9 Å². The highest BCUT2D eigenvalue weighted by Crippen LogP contribution is 2.33. The van der Waals surface area contributed by atoms with E-state index < -0.39 is 5.82 Å². The van der Waals surface area contributed by atoms with Crippen molar-refractivity contribution in [3.8, 4) is 17.0 Å². The molecule has 0 atom stereocenters. The molecule has 0 bridgehead atoms. The number of rotatable bonds is 18. The Hall–Kier alpha value is -3.85. The van der Waals surface area contributed by atoms with Crippen LogP contribution in [0, 0.1) is 12.7 Å². The molecular formula is C35H45ClFN7O5. The van der Waals surface area contributed by atoms with Crippen LogP contribution in [0.2, 0.25) is 5.02 Å². The SMILES string of the molecule is COCCOCCOCCOCCOc1cc(C)c(-c2cc3c(NC4CCC(N)CC4)c(C(N)=Nc4cc(F)ccc4Cl)cnn3c2)cn1. The highest BCUT2D eigenvalue weighted by molar-refractivity contribution is 6.33. The van der Waals surface area contributed by atoms with Gasteiger partial charge in [-0.05, 0) is 56.4 Å². The Kier molecular flexibility index (Phi) is 13.6. The molecule has 1 saturated carbocycles. The maximum Gasteiger partial charge on any atom is 0.213 e. The number of nitrogens with one attached hydrogen (secondary N) is 1. The lowest BCUT2D eigenvalue weighted by molar-refractivity contribution is 0.00000309. The molecule has 5 rings (SSSR count). The Balaban J connectivity index is 1.26. The lowest BCUT2D eigenvalue weighted by Gasteiger charge is -2.28. The number of hydrogen-bond acceptors (Lipinski definition) is 10. The number of fused-ring (bicyclic) bond motifs is 1. The van der Waals surface area contributed by atoms with Crippen molar-refractivity contribution in [2.24, 2.45) is 16.5 Å². The van der Waals surface area contributed by atoms with Crippen LogP contribution in [0.15, 0.2) is 53.9 Å². The average Bonchev–Trinajstić information content (AvgIpc) is 3.52. The predicted octanol–water partition coefficient (Wildman–Crippen LogP) is 5.29. The minimum absolute atomic E-state index is 0.166. The molecule has 4 aromatic rings. The molecule has 3 heterocycles. The fraction of sp³-hybridized carbons (Fsp3) is 0.457. The minimum atomic E-state index is -0.455. The monoisotopic (exact) mass is 697 g/mol. The number of methoxy groups -OCH3 is 1. The number of amidine groups is 1. The van der Waals surface area contributed by atoms with Gasteiger partial charge in [0.15, 0.2) is 0 Å². The second-order valence-corrected chi connectivity index (χ2v) is 12.3. The quantitative estimate of drug-likeness (QED) is 0.0710. The standard InChI is InChI=1S/C35H45ClFN7O5/c1-23-17-33(49-16-15-48-14-13-47-12-11-46-10-9-45-2)40-20-28(23)24-18-32-34(42-27-6-4-26(38)5-7-27)29(21-41-44(32)22-24)35(39)43-31-19-25(37)3-8-30(31)36/h3,8,17-22,26-27,42H,4-7,9-16,38H2,1-2H3,(H2,39,43).